The molecule has 1 aromatic rings. The number of sulfonamides is 1. The average molecular weight is 396 g/mol. The Bertz CT molecular complexity index is 769. The van der Waals surface area contributed by atoms with Crippen LogP contribution >= 0.6 is 0 Å². The molecule has 1 unspecified atom stereocenters. The predicted molar refractivity (Wildman–Crippen MR) is 108 cm³/mol. The topological polar surface area (TPSA) is 92.5 Å². The number of nitrogens with one attached hydrogen (secondary N) is 1. The minimum atomic E-state index is -3.56. The molecule has 0 bridgehead atoms. The Hall–Kier alpha value is -1.44. The van der Waals surface area contributed by atoms with Crippen molar-refractivity contribution in [3.05, 3.63) is 28.3 Å². The lowest BCUT2D eigenvalue weighted by molar-refractivity contribution is -0.126. The van der Waals surface area contributed by atoms with Gasteiger partial charge in [-0.3, -0.25) is 4.79 Å². The number of nitrogens with two attached hydrogens (primary N) is 1. The highest BCUT2D eigenvalue weighted by Gasteiger charge is 2.34. The van der Waals surface area contributed by atoms with Gasteiger partial charge in [0, 0.05) is 31.6 Å². The van der Waals surface area contributed by atoms with E-state index >= 15 is 0 Å². The Kier molecular flexibility index (Phi) is 7.05. The number of aryl methyl sites for hydroxylation is 2. The third-order valence-electron chi connectivity index (χ3n) is 5.62. The fourth-order valence-electron chi connectivity index (χ4n) is 3.62. The Morgan fingerprint density at radius 2 is 1.70 bits per heavy atom. The van der Waals surface area contributed by atoms with E-state index in [0.29, 0.717) is 37.4 Å². The summed E-state index contributed by atoms with van der Waals surface area (Å²) in [6, 6.07) is 2.09. The van der Waals surface area contributed by atoms with Crippen molar-refractivity contribution in [1.29, 1.82) is 0 Å². The predicted octanol–water partition coefficient (Wildman–Crippen LogP) is 2.17. The van der Waals surface area contributed by atoms with Gasteiger partial charge in [0.25, 0.3) is 0 Å². The molecule has 1 heterocycles. The highest BCUT2D eigenvalue weighted by Crippen LogP contribution is 2.31. The van der Waals surface area contributed by atoms with Crippen LogP contribution < -0.4 is 11.1 Å². The normalized spacial score (nSPS) is 17.7. The molecule has 1 aromatic carbocycles. The second-order valence-electron chi connectivity index (χ2n) is 7.82. The fraction of sp³-hybridized carbons (Fsp3) is 0.650. The number of hydrogen-bond acceptors (Lipinski definition) is 4. The SMILES string of the molecule is Cc1cc(C)c(C)c(S(=O)(=O)N2CCC(C(=O)NCCC(C)N)CC2)c1C. The molecule has 7 heteroatoms. The molecule has 1 aliphatic rings. The van der Waals surface area contributed by atoms with Crippen molar-refractivity contribution < 1.29 is 13.2 Å². The first-order valence-electron chi connectivity index (χ1n) is 9.66. The number of nitrogens with zero attached hydrogens (tertiary/aromatic N) is 1. The molecule has 1 fully saturated rings. The maximum Gasteiger partial charge on any atom is 0.243 e. The lowest BCUT2D eigenvalue weighted by atomic mass is 9.97. The first-order valence-corrected chi connectivity index (χ1v) is 11.1. The van der Waals surface area contributed by atoms with E-state index in [1.807, 2.05) is 40.7 Å². The summed E-state index contributed by atoms with van der Waals surface area (Å²) >= 11 is 0. The third-order valence-corrected chi connectivity index (χ3v) is 7.79. The molecule has 2 rings (SSSR count). The average Bonchev–Trinajstić information content (AvgIpc) is 2.59. The van der Waals surface area contributed by atoms with E-state index in [-0.39, 0.29) is 17.9 Å². The molecular formula is C20H33N3O3S. The minimum absolute atomic E-state index is 0.00598. The van der Waals surface area contributed by atoms with Gasteiger partial charge in [0.05, 0.1) is 4.90 Å². The number of hydrogen-bond donors (Lipinski definition) is 2. The summed E-state index contributed by atoms with van der Waals surface area (Å²) in [5, 5.41) is 2.92. The van der Waals surface area contributed by atoms with Crippen molar-refractivity contribution in [1.82, 2.24) is 9.62 Å². The second kappa shape index (κ2) is 8.71. The van der Waals surface area contributed by atoms with Crippen LogP contribution in [-0.2, 0) is 14.8 Å². The molecular weight excluding hydrogens is 362 g/mol. The molecule has 0 aliphatic carbocycles. The summed E-state index contributed by atoms with van der Waals surface area (Å²) in [5.41, 5.74) is 9.30. The molecule has 1 saturated heterocycles. The van der Waals surface area contributed by atoms with Crippen LogP contribution in [0.4, 0.5) is 0 Å². The Balaban J connectivity index is 2.09. The molecule has 0 saturated carbocycles. The summed E-state index contributed by atoms with van der Waals surface area (Å²) in [7, 11) is -3.56. The first kappa shape index (κ1) is 21.9. The number of benzene rings is 1. The van der Waals surface area contributed by atoms with Crippen LogP contribution in [0.1, 0.15) is 48.4 Å². The van der Waals surface area contributed by atoms with E-state index in [1.165, 1.54) is 4.31 Å². The zero-order valence-electron chi connectivity index (χ0n) is 17.1. The maximum atomic E-state index is 13.3. The van der Waals surface area contributed by atoms with Crippen molar-refractivity contribution in [2.45, 2.75) is 64.8 Å². The summed E-state index contributed by atoms with van der Waals surface area (Å²) in [5.74, 6) is -0.127. The van der Waals surface area contributed by atoms with Crippen LogP contribution in [0, 0.1) is 33.6 Å². The summed E-state index contributed by atoms with van der Waals surface area (Å²) in [6.45, 7) is 10.8. The standard InChI is InChI=1S/C20H33N3O3S/c1-13-12-14(2)17(5)19(16(13)4)27(25,26)23-10-7-18(8-11-23)20(24)22-9-6-15(3)21/h12,15,18H,6-11,21H2,1-5H3,(H,22,24). The van der Waals surface area contributed by atoms with Crippen molar-refractivity contribution in [3.8, 4) is 0 Å². The Labute approximate surface area is 163 Å². The van der Waals surface area contributed by atoms with Gasteiger partial charge >= 0.3 is 0 Å². The van der Waals surface area contributed by atoms with Gasteiger partial charge in [-0.25, -0.2) is 8.42 Å². The van der Waals surface area contributed by atoms with Gasteiger partial charge in [-0.15, -0.1) is 0 Å². The number of rotatable bonds is 6. The van der Waals surface area contributed by atoms with Gasteiger partial charge in [-0.2, -0.15) is 4.31 Å². The van der Waals surface area contributed by atoms with Gasteiger partial charge in [0.2, 0.25) is 15.9 Å². The number of carbonyl (C=O) groups excluding carboxylic acids is 1. The van der Waals surface area contributed by atoms with Crippen molar-refractivity contribution in [2.24, 2.45) is 11.7 Å². The Morgan fingerprint density at radius 3 is 2.19 bits per heavy atom. The molecule has 0 aromatic heterocycles. The smallest absolute Gasteiger partial charge is 0.243 e. The fourth-order valence-corrected chi connectivity index (χ4v) is 5.67. The Morgan fingerprint density at radius 1 is 1.19 bits per heavy atom. The molecule has 6 nitrogen and oxygen atoms in total. The van der Waals surface area contributed by atoms with Gasteiger partial charge in [-0.05, 0) is 76.1 Å². The maximum absolute atomic E-state index is 13.3. The van der Waals surface area contributed by atoms with Gasteiger partial charge in [-0.1, -0.05) is 6.07 Å². The van der Waals surface area contributed by atoms with E-state index in [9.17, 15) is 13.2 Å². The summed E-state index contributed by atoms with van der Waals surface area (Å²) in [4.78, 5) is 12.7. The molecule has 1 amide bonds. The van der Waals surface area contributed by atoms with E-state index in [4.69, 9.17) is 5.73 Å². The van der Waals surface area contributed by atoms with E-state index < -0.39 is 10.0 Å². The van der Waals surface area contributed by atoms with Crippen LogP contribution in [0.2, 0.25) is 0 Å². The van der Waals surface area contributed by atoms with Gasteiger partial charge < -0.3 is 11.1 Å². The third kappa shape index (κ3) is 4.89. The zero-order chi connectivity index (χ0) is 20.4. The van der Waals surface area contributed by atoms with E-state index in [0.717, 1.165) is 28.7 Å². The quantitative estimate of drug-likeness (QED) is 0.772. The summed E-state index contributed by atoms with van der Waals surface area (Å²) in [6.07, 6.45) is 1.84. The van der Waals surface area contributed by atoms with Crippen molar-refractivity contribution in [3.63, 3.8) is 0 Å². The zero-order valence-corrected chi connectivity index (χ0v) is 17.9. The molecule has 1 aliphatic heterocycles. The van der Waals surface area contributed by atoms with Crippen LogP contribution in [0.25, 0.3) is 0 Å². The van der Waals surface area contributed by atoms with Crippen LogP contribution in [-0.4, -0.2) is 44.3 Å². The van der Waals surface area contributed by atoms with Crippen LogP contribution in [0.5, 0.6) is 0 Å². The molecule has 3 N–H and O–H groups in total. The van der Waals surface area contributed by atoms with E-state index in [1.54, 1.807) is 0 Å². The van der Waals surface area contributed by atoms with Gasteiger partial charge in [0.15, 0.2) is 0 Å². The van der Waals surface area contributed by atoms with E-state index in [2.05, 4.69) is 5.32 Å². The van der Waals surface area contributed by atoms with Crippen molar-refractivity contribution >= 4 is 15.9 Å². The van der Waals surface area contributed by atoms with Gasteiger partial charge in [0.1, 0.15) is 0 Å². The number of piperidine rings is 1. The lowest BCUT2D eigenvalue weighted by Crippen LogP contribution is -2.43. The highest BCUT2D eigenvalue weighted by atomic mass is 32.2. The number of carbonyl (C=O) groups is 1. The molecule has 27 heavy (non-hydrogen) atoms. The molecule has 0 radical (unpaired) electrons. The molecule has 152 valence electrons. The number of amides is 1. The largest absolute Gasteiger partial charge is 0.356 e. The van der Waals surface area contributed by atoms with Crippen molar-refractivity contribution in [2.75, 3.05) is 19.6 Å². The minimum Gasteiger partial charge on any atom is -0.356 e. The summed E-state index contributed by atoms with van der Waals surface area (Å²) < 4.78 is 28.1. The lowest BCUT2D eigenvalue weighted by Gasteiger charge is -2.32. The second-order valence-corrected chi connectivity index (χ2v) is 9.70. The molecule has 0 spiro atoms. The first-order chi connectivity index (χ1) is 12.6. The molecule has 1 atom stereocenters. The monoisotopic (exact) mass is 395 g/mol. The highest BCUT2D eigenvalue weighted by molar-refractivity contribution is 7.89. The van der Waals surface area contributed by atoms with Crippen LogP contribution in [0.15, 0.2) is 11.0 Å². The van der Waals surface area contributed by atoms with Crippen LogP contribution in [0.3, 0.4) is 0 Å².